The Hall–Kier alpha value is -1.46. The second kappa shape index (κ2) is 5.78. The fourth-order valence-corrected chi connectivity index (χ4v) is 6.20. The minimum absolute atomic E-state index is 0.0523. The number of para-hydroxylation sites is 1. The van der Waals surface area contributed by atoms with Crippen molar-refractivity contribution in [2.75, 3.05) is 25.4 Å². The highest BCUT2D eigenvalue weighted by atomic mass is 32.2. The number of thioether (sulfide) groups is 1. The standard InChI is InChI=1S/C20H26N2O2S/c1-19(2)11-20(13-23)12-22(9-17(19)20)18(24)10-25-16-8-21(3)15-7-5-4-6-14(15)16/h4-8,17,23H,9-13H2,1-3H3/t17-,20-/m1/s1. The van der Waals surface area contributed by atoms with Crippen LogP contribution >= 0.6 is 11.8 Å². The van der Waals surface area contributed by atoms with E-state index in [1.54, 1.807) is 11.8 Å². The molecule has 134 valence electrons. The first-order valence-electron chi connectivity index (χ1n) is 8.92. The molecule has 1 saturated heterocycles. The van der Waals surface area contributed by atoms with Crippen molar-refractivity contribution in [3.8, 4) is 0 Å². The van der Waals surface area contributed by atoms with E-state index in [2.05, 4.69) is 36.7 Å². The van der Waals surface area contributed by atoms with Crippen molar-refractivity contribution in [1.82, 2.24) is 9.47 Å². The quantitative estimate of drug-likeness (QED) is 0.854. The van der Waals surface area contributed by atoms with Crippen molar-refractivity contribution in [2.24, 2.45) is 23.8 Å². The summed E-state index contributed by atoms with van der Waals surface area (Å²) in [7, 11) is 2.04. The van der Waals surface area contributed by atoms with Gasteiger partial charge < -0.3 is 14.6 Å². The zero-order valence-corrected chi connectivity index (χ0v) is 16.0. The molecule has 1 aromatic heterocycles. The Balaban J connectivity index is 1.45. The third-order valence-corrected chi connectivity index (χ3v) is 7.31. The molecule has 5 heteroatoms. The molecule has 2 heterocycles. The van der Waals surface area contributed by atoms with E-state index in [4.69, 9.17) is 0 Å². The summed E-state index contributed by atoms with van der Waals surface area (Å²) in [6.45, 7) is 6.21. The lowest BCUT2D eigenvalue weighted by atomic mass is 9.48. The van der Waals surface area contributed by atoms with Crippen LogP contribution in [0.5, 0.6) is 0 Å². The van der Waals surface area contributed by atoms with Gasteiger partial charge in [-0.25, -0.2) is 0 Å². The van der Waals surface area contributed by atoms with Crippen LogP contribution in [0.15, 0.2) is 35.4 Å². The highest BCUT2D eigenvalue weighted by molar-refractivity contribution is 8.00. The molecule has 2 atom stereocenters. The van der Waals surface area contributed by atoms with E-state index in [9.17, 15) is 9.90 Å². The van der Waals surface area contributed by atoms with Gasteiger partial charge in [-0.05, 0) is 23.8 Å². The summed E-state index contributed by atoms with van der Waals surface area (Å²) in [6, 6.07) is 8.30. The molecule has 1 N–H and O–H groups in total. The Morgan fingerprint density at radius 2 is 2.12 bits per heavy atom. The molecule has 2 fully saturated rings. The number of benzene rings is 1. The van der Waals surface area contributed by atoms with Gasteiger partial charge in [0.1, 0.15) is 0 Å². The van der Waals surface area contributed by atoms with Crippen molar-refractivity contribution in [3.63, 3.8) is 0 Å². The van der Waals surface area contributed by atoms with Crippen LogP contribution in [0.25, 0.3) is 10.9 Å². The van der Waals surface area contributed by atoms with E-state index >= 15 is 0 Å². The number of carbonyl (C=O) groups excluding carboxylic acids is 1. The number of nitrogens with zero attached hydrogens (tertiary/aromatic N) is 2. The number of carbonyl (C=O) groups is 1. The zero-order chi connectivity index (χ0) is 17.8. The van der Waals surface area contributed by atoms with Crippen LogP contribution in [0.2, 0.25) is 0 Å². The van der Waals surface area contributed by atoms with Gasteiger partial charge in [-0.2, -0.15) is 0 Å². The lowest BCUT2D eigenvalue weighted by molar-refractivity contribution is -0.127. The van der Waals surface area contributed by atoms with E-state index in [0.29, 0.717) is 18.2 Å². The lowest BCUT2D eigenvalue weighted by Gasteiger charge is -2.55. The number of fused-ring (bicyclic) bond motifs is 2. The SMILES string of the molecule is Cn1cc(SCC(=O)N2C[C@@H]3C(C)(C)C[C@]3(CO)C2)c2ccccc21. The third kappa shape index (κ3) is 2.59. The zero-order valence-electron chi connectivity index (χ0n) is 15.2. The molecular formula is C20H26N2O2S. The molecule has 0 spiro atoms. The molecule has 1 saturated carbocycles. The maximum atomic E-state index is 12.8. The molecule has 1 amide bonds. The molecule has 0 radical (unpaired) electrons. The highest BCUT2D eigenvalue weighted by Gasteiger charge is 2.62. The smallest absolute Gasteiger partial charge is 0.232 e. The van der Waals surface area contributed by atoms with E-state index in [1.165, 1.54) is 10.9 Å². The molecule has 1 aromatic carbocycles. The summed E-state index contributed by atoms with van der Waals surface area (Å²) in [4.78, 5) is 15.9. The van der Waals surface area contributed by atoms with Crippen molar-refractivity contribution in [1.29, 1.82) is 0 Å². The first kappa shape index (κ1) is 17.0. The second-order valence-corrected chi connectivity index (χ2v) is 9.44. The number of aryl methyl sites for hydroxylation is 1. The number of hydrogen-bond acceptors (Lipinski definition) is 3. The Morgan fingerprint density at radius 1 is 1.36 bits per heavy atom. The van der Waals surface area contributed by atoms with Crippen molar-refractivity contribution < 1.29 is 9.90 Å². The summed E-state index contributed by atoms with van der Waals surface area (Å²) in [5.41, 5.74) is 1.38. The van der Waals surface area contributed by atoms with Crippen LogP contribution in [0.3, 0.4) is 0 Å². The lowest BCUT2D eigenvalue weighted by Crippen LogP contribution is -2.54. The minimum Gasteiger partial charge on any atom is -0.396 e. The fourth-order valence-electron chi connectivity index (χ4n) is 5.18. The van der Waals surface area contributed by atoms with Crippen LogP contribution in [0, 0.1) is 16.7 Å². The summed E-state index contributed by atoms with van der Waals surface area (Å²) >= 11 is 1.62. The van der Waals surface area contributed by atoms with Gasteiger partial charge in [-0.3, -0.25) is 4.79 Å². The van der Waals surface area contributed by atoms with E-state index in [0.717, 1.165) is 17.9 Å². The molecule has 0 bridgehead atoms. The summed E-state index contributed by atoms with van der Waals surface area (Å²) in [5, 5.41) is 11.1. The molecule has 0 unspecified atom stereocenters. The largest absolute Gasteiger partial charge is 0.396 e. The maximum absolute atomic E-state index is 12.8. The maximum Gasteiger partial charge on any atom is 0.232 e. The molecule has 2 aliphatic rings. The first-order valence-corrected chi connectivity index (χ1v) is 9.90. The number of aliphatic hydroxyl groups excluding tert-OH is 1. The van der Waals surface area contributed by atoms with Crippen LogP contribution in [-0.4, -0.2) is 45.9 Å². The number of aromatic nitrogens is 1. The number of rotatable bonds is 4. The van der Waals surface area contributed by atoms with Gasteiger partial charge in [0.05, 0.1) is 12.4 Å². The van der Waals surface area contributed by atoms with Crippen molar-refractivity contribution in [2.45, 2.75) is 25.2 Å². The molecule has 4 rings (SSSR count). The highest BCUT2D eigenvalue weighted by Crippen LogP contribution is 2.62. The van der Waals surface area contributed by atoms with Crippen LogP contribution in [0.4, 0.5) is 0 Å². The average Bonchev–Trinajstić information content (AvgIpc) is 3.09. The Kier molecular flexibility index (Phi) is 3.92. The van der Waals surface area contributed by atoms with E-state index in [1.807, 2.05) is 24.1 Å². The molecule has 1 aliphatic carbocycles. The third-order valence-electron chi connectivity index (χ3n) is 6.28. The van der Waals surface area contributed by atoms with Gasteiger partial charge >= 0.3 is 0 Å². The van der Waals surface area contributed by atoms with Crippen LogP contribution in [0.1, 0.15) is 20.3 Å². The van der Waals surface area contributed by atoms with Gasteiger partial charge in [0.15, 0.2) is 0 Å². The van der Waals surface area contributed by atoms with Crippen LogP contribution in [-0.2, 0) is 11.8 Å². The first-order chi connectivity index (χ1) is 11.9. The van der Waals surface area contributed by atoms with E-state index < -0.39 is 0 Å². The molecule has 4 nitrogen and oxygen atoms in total. The predicted molar refractivity (Wildman–Crippen MR) is 102 cm³/mol. The molecule has 2 aromatic rings. The van der Waals surface area contributed by atoms with Gasteiger partial charge in [0.2, 0.25) is 5.91 Å². The topological polar surface area (TPSA) is 45.5 Å². The average molecular weight is 359 g/mol. The normalized spacial score (nSPS) is 27.4. The second-order valence-electron chi connectivity index (χ2n) is 8.42. The Morgan fingerprint density at radius 3 is 2.80 bits per heavy atom. The molecular weight excluding hydrogens is 332 g/mol. The number of likely N-dealkylation sites (tertiary alicyclic amines) is 1. The van der Waals surface area contributed by atoms with Gasteiger partial charge in [-0.1, -0.05) is 32.0 Å². The summed E-state index contributed by atoms with van der Waals surface area (Å²) in [6.07, 6.45) is 3.12. The van der Waals surface area contributed by atoms with E-state index in [-0.39, 0.29) is 23.3 Å². The monoisotopic (exact) mass is 358 g/mol. The van der Waals surface area contributed by atoms with Gasteiger partial charge in [0, 0.05) is 47.5 Å². The molecule has 1 aliphatic heterocycles. The Bertz CT molecular complexity index is 828. The van der Waals surface area contributed by atoms with Gasteiger partial charge in [-0.15, -0.1) is 11.8 Å². The summed E-state index contributed by atoms with van der Waals surface area (Å²) < 4.78 is 2.11. The van der Waals surface area contributed by atoms with Crippen molar-refractivity contribution in [3.05, 3.63) is 30.5 Å². The van der Waals surface area contributed by atoms with Gasteiger partial charge in [0.25, 0.3) is 0 Å². The summed E-state index contributed by atoms with van der Waals surface area (Å²) in [5.74, 6) is 1.08. The minimum atomic E-state index is -0.0523. The number of amides is 1. The number of hydrogen-bond donors (Lipinski definition) is 1. The van der Waals surface area contributed by atoms with Crippen molar-refractivity contribution >= 4 is 28.6 Å². The molecule has 25 heavy (non-hydrogen) atoms. The Labute approximate surface area is 153 Å². The van der Waals surface area contributed by atoms with Crippen LogP contribution < -0.4 is 0 Å². The fraction of sp³-hybridized carbons (Fsp3) is 0.550. The number of aliphatic hydroxyl groups is 1. The predicted octanol–water partition coefficient (Wildman–Crippen LogP) is 3.14.